The summed E-state index contributed by atoms with van der Waals surface area (Å²) in [4.78, 5) is 24.2. The molecule has 2 rings (SSSR count). The van der Waals surface area contributed by atoms with Crippen LogP contribution in [0.15, 0.2) is 60.7 Å². The van der Waals surface area contributed by atoms with Crippen LogP contribution in [-0.4, -0.2) is 31.0 Å². The van der Waals surface area contributed by atoms with E-state index in [1.54, 1.807) is 48.5 Å². The number of benzene rings is 2. The van der Waals surface area contributed by atoms with Gasteiger partial charge >= 0.3 is 0 Å². The van der Waals surface area contributed by atoms with Crippen LogP contribution < -0.4 is 20.7 Å². The van der Waals surface area contributed by atoms with Crippen LogP contribution in [0.3, 0.4) is 0 Å². The zero-order valence-corrected chi connectivity index (χ0v) is 17.2. The topological polar surface area (TPSA) is 79.5 Å². The normalized spacial score (nSPS) is 11.3. The SMILES string of the molecule is C=C(C)COc1ccc(NC(=O)CNc2ccc(C(=O)NC(C)CC)cc2)cc1. The molecule has 0 aromatic heterocycles. The van der Waals surface area contributed by atoms with Gasteiger partial charge in [0.1, 0.15) is 12.4 Å². The lowest BCUT2D eigenvalue weighted by Gasteiger charge is -2.12. The molecule has 0 aliphatic rings. The largest absolute Gasteiger partial charge is 0.489 e. The summed E-state index contributed by atoms with van der Waals surface area (Å²) < 4.78 is 5.53. The van der Waals surface area contributed by atoms with E-state index in [0.29, 0.717) is 17.9 Å². The van der Waals surface area contributed by atoms with Gasteiger partial charge in [-0.1, -0.05) is 13.5 Å². The monoisotopic (exact) mass is 395 g/mol. The molecule has 0 radical (unpaired) electrons. The third-order valence-corrected chi connectivity index (χ3v) is 4.21. The summed E-state index contributed by atoms with van der Waals surface area (Å²) in [6, 6.07) is 14.4. The number of carbonyl (C=O) groups excluding carboxylic acids is 2. The molecule has 1 unspecified atom stereocenters. The quantitative estimate of drug-likeness (QED) is 0.526. The first-order valence-corrected chi connectivity index (χ1v) is 9.69. The zero-order chi connectivity index (χ0) is 21.2. The molecule has 0 bridgehead atoms. The third kappa shape index (κ3) is 7.70. The van der Waals surface area contributed by atoms with E-state index < -0.39 is 0 Å². The minimum Gasteiger partial charge on any atom is -0.489 e. The van der Waals surface area contributed by atoms with Crippen molar-refractivity contribution >= 4 is 23.2 Å². The Morgan fingerprint density at radius 2 is 1.66 bits per heavy atom. The van der Waals surface area contributed by atoms with Gasteiger partial charge in [-0.25, -0.2) is 0 Å². The number of ether oxygens (including phenoxy) is 1. The van der Waals surface area contributed by atoms with Crippen LogP contribution in [0.2, 0.25) is 0 Å². The van der Waals surface area contributed by atoms with Crippen LogP contribution in [0, 0.1) is 0 Å². The molecule has 2 amide bonds. The van der Waals surface area contributed by atoms with Crippen molar-refractivity contribution in [3.8, 4) is 5.75 Å². The zero-order valence-electron chi connectivity index (χ0n) is 17.2. The van der Waals surface area contributed by atoms with Gasteiger partial charge in [0.25, 0.3) is 5.91 Å². The second-order valence-electron chi connectivity index (χ2n) is 7.03. The van der Waals surface area contributed by atoms with Crippen molar-refractivity contribution in [2.75, 3.05) is 23.8 Å². The first-order valence-electron chi connectivity index (χ1n) is 9.69. The molecule has 0 spiro atoms. The van der Waals surface area contributed by atoms with Crippen molar-refractivity contribution in [2.45, 2.75) is 33.2 Å². The van der Waals surface area contributed by atoms with Crippen LogP contribution in [0.1, 0.15) is 37.6 Å². The van der Waals surface area contributed by atoms with Gasteiger partial charge in [0.2, 0.25) is 5.91 Å². The van der Waals surface area contributed by atoms with E-state index in [1.165, 1.54) is 0 Å². The highest BCUT2D eigenvalue weighted by Gasteiger charge is 2.08. The van der Waals surface area contributed by atoms with Gasteiger partial charge in [-0.15, -0.1) is 0 Å². The van der Waals surface area contributed by atoms with Gasteiger partial charge in [0.05, 0.1) is 6.54 Å². The minimum atomic E-state index is -0.167. The number of hydrogen-bond acceptors (Lipinski definition) is 4. The van der Waals surface area contributed by atoms with Crippen LogP contribution >= 0.6 is 0 Å². The van der Waals surface area contributed by atoms with Crippen LogP contribution in [0.4, 0.5) is 11.4 Å². The lowest BCUT2D eigenvalue weighted by molar-refractivity contribution is -0.114. The average molecular weight is 396 g/mol. The van der Waals surface area contributed by atoms with Crippen molar-refractivity contribution in [2.24, 2.45) is 0 Å². The maximum Gasteiger partial charge on any atom is 0.251 e. The standard InChI is InChI=1S/C23H29N3O3/c1-5-17(4)25-23(28)18-6-8-19(9-7-18)24-14-22(27)26-20-10-12-21(13-11-20)29-15-16(2)3/h6-13,17,24H,2,5,14-15H2,1,3-4H3,(H,25,28)(H,26,27). The Morgan fingerprint density at radius 1 is 1.03 bits per heavy atom. The van der Waals surface area contributed by atoms with Gasteiger partial charge in [0.15, 0.2) is 0 Å². The smallest absolute Gasteiger partial charge is 0.251 e. The molecular weight excluding hydrogens is 366 g/mol. The molecule has 3 N–H and O–H groups in total. The molecular formula is C23H29N3O3. The molecule has 0 saturated heterocycles. The number of hydrogen-bond donors (Lipinski definition) is 3. The highest BCUT2D eigenvalue weighted by molar-refractivity contribution is 5.95. The molecule has 29 heavy (non-hydrogen) atoms. The Kier molecular flexibility index (Phi) is 8.27. The van der Waals surface area contributed by atoms with Gasteiger partial charge < -0.3 is 20.7 Å². The van der Waals surface area contributed by atoms with Crippen LogP contribution in [-0.2, 0) is 4.79 Å². The van der Waals surface area contributed by atoms with E-state index in [2.05, 4.69) is 22.5 Å². The van der Waals surface area contributed by atoms with E-state index in [-0.39, 0.29) is 24.4 Å². The molecule has 0 saturated carbocycles. The van der Waals surface area contributed by atoms with Gasteiger partial charge in [-0.3, -0.25) is 9.59 Å². The van der Waals surface area contributed by atoms with Crippen LogP contribution in [0.25, 0.3) is 0 Å². The molecule has 6 heteroatoms. The molecule has 0 aliphatic heterocycles. The van der Waals surface area contributed by atoms with Gasteiger partial charge in [-0.2, -0.15) is 0 Å². The summed E-state index contributed by atoms with van der Waals surface area (Å²) in [6.07, 6.45) is 0.880. The van der Waals surface area contributed by atoms with Crippen LogP contribution in [0.5, 0.6) is 5.75 Å². The fraction of sp³-hybridized carbons (Fsp3) is 0.304. The second-order valence-corrected chi connectivity index (χ2v) is 7.03. The van der Waals surface area contributed by atoms with E-state index in [9.17, 15) is 9.59 Å². The van der Waals surface area contributed by atoms with Gasteiger partial charge in [0, 0.05) is 23.0 Å². The molecule has 2 aromatic rings. The number of rotatable bonds is 10. The van der Waals surface area contributed by atoms with E-state index in [0.717, 1.165) is 23.4 Å². The Bertz CT molecular complexity index is 829. The maximum absolute atomic E-state index is 12.1. The number of carbonyl (C=O) groups is 2. The third-order valence-electron chi connectivity index (χ3n) is 4.21. The summed E-state index contributed by atoms with van der Waals surface area (Å²) in [7, 11) is 0. The molecule has 0 aliphatic carbocycles. The van der Waals surface area contributed by atoms with E-state index in [1.807, 2.05) is 20.8 Å². The molecule has 1 atom stereocenters. The first-order chi connectivity index (χ1) is 13.9. The molecule has 2 aromatic carbocycles. The Hall–Kier alpha value is -3.28. The van der Waals surface area contributed by atoms with Gasteiger partial charge in [-0.05, 0) is 74.4 Å². The predicted octanol–water partition coefficient (Wildman–Crippen LogP) is 4.22. The van der Waals surface area contributed by atoms with Crippen molar-refractivity contribution in [3.63, 3.8) is 0 Å². The van der Waals surface area contributed by atoms with Crippen molar-refractivity contribution in [3.05, 3.63) is 66.2 Å². The second kappa shape index (κ2) is 10.9. The number of anilines is 2. The Labute approximate surface area is 172 Å². The summed E-state index contributed by atoms with van der Waals surface area (Å²) in [5, 5.41) is 8.80. The maximum atomic E-state index is 12.1. The lowest BCUT2D eigenvalue weighted by Crippen LogP contribution is -2.31. The fourth-order valence-corrected chi connectivity index (χ4v) is 2.38. The first kappa shape index (κ1) is 22.0. The molecule has 0 fully saturated rings. The van der Waals surface area contributed by atoms with E-state index in [4.69, 9.17) is 4.74 Å². The van der Waals surface area contributed by atoms with Crippen molar-refractivity contribution in [1.82, 2.24) is 5.32 Å². The highest BCUT2D eigenvalue weighted by Crippen LogP contribution is 2.16. The minimum absolute atomic E-state index is 0.0979. The fourth-order valence-electron chi connectivity index (χ4n) is 2.38. The Balaban J connectivity index is 1.80. The molecule has 6 nitrogen and oxygen atoms in total. The van der Waals surface area contributed by atoms with Crippen molar-refractivity contribution in [1.29, 1.82) is 0 Å². The molecule has 0 heterocycles. The Morgan fingerprint density at radius 3 is 2.24 bits per heavy atom. The average Bonchev–Trinajstić information content (AvgIpc) is 2.72. The summed E-state index contributed by atoms with van der Waals surface area (Å²) >= 11 is 0. The summed E-state index contributed by atoms with van der Waals surface area (Å²) in [5.74, 6) is 0.458. The lowest BCUT2D eigenvalue weighted by atomic mass is 10.1. The summed E-state index contributed by atoms with van der Waals surface area (Å²) in [6.45, 7) is 10.3. The molecule has 154 valence electrons. The predicted molar refractivity (Wildman–Crippen MR) is 118 cm³/mol. The van der Waals surface area contributed by atoms with E-state index >= 15 is 0 Å². The van der Waals surface area contributed by atoms with Crippen molar-refractivity contribution < 1.29 is 14.3 Å². The summed E-state index contributed by atoms with van der Waals surface area (Å²) in [5.41, 5.74) is 2.99. The highest BCUT2D eigenvalue weighted by atomic mass is 16.5. The number of nitrogens with one attached hydrogen (secondary N) is 3. The number of amides is 2.